The van der Waals surface area contributed by atoms with Gasteiger partial charge in [0.1, 0.15) is 0 Å². The van der Waals surface area contributed by atoms with Crippen molar-refractivity contribution in [3.05, 3.63) is 40.3 Å². The van der Waals surface area contributed by atoms with Crippen molar-refractivity contribution in [1.29, 1.82) is 0 Å². The van der Waals surface area contributed by atoms with E-state index in [2.05, 4.69) is 60.7 Å². The number of benzene rings is 1. The molecule has 0 bridgehead atoms. The van der Waals surface area contributed by atoms with Crippen molar-refractivity contribution in [1.82, 2.24) is 0 Å². The van der Waals surface area contributed by atoms with Crippen LogP contribution in [0.4, 0.5) is 0 Å². The minimum atomic E-state index is 0.661. The van der Waals surface area contributed by atoms with Crippen LogP contribution in [0.1, 0.15) is 50.5 Å². The molecule has 1 radical (unpaired) electrons. The summed E-state index contributed by atoms with van der Waals surface area (Å²) in [5.74, 6) is 0.661. The molecule has 0 aromatic heterocycles. The van der Waals surface area contributed by atoms with Gasteiger partial charge in [-0.3, -0.25) is 0 Å². The lowest BCUT2D eigenvalue weighted by Gasteiger charge is -2.15. The summed E-state index contributed by atoms with van der Waals surface area (Å²) in [6, 6.07) is 8.89. The van der Waals surface area contributed by atoms with Gasteiger partial charge in [-0.2, -0.15) is 0 Å². The fourth-order valence-electron chi connectivity index (χ4n) is 1.85. The third kappa shape index (κ3) is 4.54. The molecule has 0 heterocycles. The molecule has 1 aromatic rings. The van der Waals surface area contributed by atoms with E-state index < -0.39 is 0 Å². The SMILES string of the molecule is [CH2]C[C@@H](CCCCC)c1ccc(I)cc1. The van der Waals surface area contributed by atoms with Crippen LogP contribution < -0.4 is 0 Å². The molecular formula is C14H20I. The van der Waals surface area contributed by atoms with Crippen LogP contribution in [0.2, 0.25) is 0 Å². The Morgan fingerprint density at radius 1 is 1.20 bits per heavy atom. The maximum Gasteiger partial charge on any atom is 0.0130 e. The number of halogens is 1. The average molecular weight is 315 g/mol. The van der Waals surface area contributed by atoms with Crippen molar-refractivity contribution in [3.63, 3.8) is 0 Å². The molecule has 0 saturated heterocycles. The van der Waals surface area contributed by atoms with Crippen LogP contribution in [0.3, 0.4) is 0 Å². The third-order valence-electron chi connectivity index (χ3n) is 2.85. The summed E-state index contributed by atoms with van der Waals surface area (Å²) in [6.45, 7) is 6.32. The lowest BCUT2D eigenvalue weighted by atomic mass is 9.91. The van der Waals surface area contributed by atoms with Crippen LogP contribution in [0.5, 0.6) is 0 Å². The maximum absolute atomic E-state index is 4.06. The van der Waals surface area contributed by atoms with Crippen LogP contribution in [0.15, 0.2) is 24.3 Å². The van der Waals surface area contributed by atoms with E-state index in [1.54, 1.807) is 0 Å². The van der Waals surface area contributed by atoms with Crippen molar-refractivity contribution in [2.45, 2.75) is 44.9 Å². The molecule has 1 aromatic carbocycles. The molecule has 0 amide bonds. The molecule has 0 aliphatic carbocycles. The standard InChI is InChI=1S/C14H20I/c1-3-5-6-7-12(4-2)13-8-10-14(15)11-9-13/h8-12H,2-7H2,1H3/t12-/m0/s1. The first-order valence-corrected chi connectivity index (χ1v) is 6.90. The molecule has 0 aliphatic rings. The van der Waals surface area contributed by atoms with Gasteiger partial charge in [-0.15, -0.1) is 0 Å². The van der Waals surface area contributed by atoms with E-state index >= 15 is 0 Å². The lowest BCUT2D eigenvalue weighted by Crippen LogP contribution is -1.97. The molecular weight excluding hydrogens is 295 g/mol. The summed E-state index contributed by atoms with van der Waals surface area (Å²) in [7, 11) is 0. The second kappa shape index (κ2) is 7.26. The molecule has 0 nitrogen and oxygen atoms in total. The molecule has 0 aliphatic heterocycles. The van der Waals surface area contributed by atoms with Crippen LogP contribution in [-0.4, -0.2) is 0 Å². The highest BCUT2D eigenvalue weighted by atomic mass is 127. The Labute approximate surface area is 108 Å². The van der Waals surface area contributed by atoms with Crippen molar-refractivity contribution in [2.75, 3.05) is 0 Å². The van der Waals surface area contributed by atoms with Gasteiger partial charge in [0.05, 0.1) is 0 Å². The van der Waals surface area contributed by atoms with E-state index in [0.29, 0.717) is 5.92 Å². The first-order chi connectivity index (χ1) is 7.27. The van der Waals surface area contributed by atoms with Gasteiger partial charge in [0, 0.05) is 3.57 Å². The predicted molar refractivity (Wildman–Crippen MR) is 76.0 cm³/mol. The smallest absolute Gasteiger partial charge is 0.0130 e. The number of rotatable bonds is 6. The average Bonchev–Trinajstić information content (AvgIpc) is 2.26. The van der Waals surface area contributed by atoms with E-state index in [-0.39, 0.29) is 0 Å². The van der Waals surface area contributed by atoms with Crippen LogP contribution in [-0.2, 0) is 0 Å². The second-order valence-corrected chi connectivity index (χ2v) is 5.28. The Kier molecular flexibility index (Phi) is 6.30. The third-order valence-corrected chi connectivity index (χ3v) is 3.57. The molecule has 15 heavy (non-hydrogen) atoms. The fourth-order valence-corrected chi connectivity index (χ4v) is 2.21. The summed E-state index contributed by atoms with van der Waals surface area (Å²) >= 11 is 2.35. The van der Waals surface area contributed by atoms with Gasteiger partial charge in [0.25, 0.3) is 0 Å². The molecule has 1 atom stereocenters. The van der Waals surface area contributed by atoms with Gasteiger partial charge in [-0.1, -0.05) is 45.2 Å². The van der Waals surface area contributed by atoms with E-state index in [1.807, 2.05) is 0 Å². The van der Waals surface area contributed by atoms with Gasteiger partial charge in [0.15, 0.2) is 0 Å². The van der Waals surface area contributed by atoms with Gasteiger partial charge < -0.3 is 0 Å². The molecule has 0 unspecified atom stereocenters. The van der Waals surface area contributed by atoms with E-state index in [9.17, 15) is 0 Å². The highest BCUT2D eigenvalue weighted by Gasteiger charge is 2.08. The Balaban J connectivity index is 2.53. The number of unbranched alkanes of at least 4 members (excludes halogenated alkanes) is 2. The highest BCUT2D eigenvalue weighted by Crippen LogP contribution is 2.25. The van der Waals surface area contributed by atoms with E-state index in [0.717, 1.165) is 6.42 Å². The zero-order valence-corrected chi connectivity index (χ0v) is 11.7. The van der Waals surface area contributed by atoms with Crippen molar-refractivity contribution in [3.8, 4) is 0 Å². The number of hydrogen-bond donors (Lipinski definition) is 0. The van der Waals surface area contributed by atoms with Gasteiger partial charge >= 0.3 is 0 Å². The molecule has 1 rings (SSSR count). The van der Waals surface area contributed by atoms with E-state index in [4.69, 9.17) is 0 Å². The highest BCUT2D eigenvalue weighted by molar-refractivity contribution is 14.1. The topological polar surface area (TPSA) is 0 Å². The van der Waals surface area contributed by atoms with Crippen molar-refractivity contribution >= 4 is 22.6 Å². The first kappa shape index (κ1) is 13.0. The van der Waals surface area contributed by atoms with Crippen LogP contribution >= 0.6 is 22.6 Å². The normalized spacial score (nSPS) is 12.7. The molecule has 83 valence electrons. The fraction of sp³-hybridized carbons (Fsp3) is 0.500. The summed E-state index contributed by atoms with van der Waals surface area (Å²) in [6.07, 6.45) is 6.29. The lowest BCUT2D eigenvalue weighted by molar-refractivity contribution is 0.569. The van der Waals surface area contributed by atoms with Gasteiger partial charge in [-0.25, -0.2) is 0 Å². The quantitative estimate of drug-likeness (QED) is 0.501. The molecule has 0 fully saturated rings. The van der Waals surface area contributed by atoms with E-state index in [1.165, 1.54) is 34.8 Å². The molecule has 0 N–H and O–H groups in total. The predicted octanol–water partition coefficient (Wildman–Crippen LogP) is 5.18. The Morgan fingerprint density at radius 2 is 1.87 bits per heavy atom. The first-order valence-electron chi connectivity index (χ1n) is 5.82. The maximum atomic E-state index is 4.06. The van der Waals surface area contributed by atoms with Crippen molar-refractivity contribution < 1.29 is 0 Å². The Bertz CT molecular complexity index is 263. The van der Waals surface area contributed by atoms with Gasteiger partial charge in [0.2, 0.25) is 0 Å². The summed E-state index contributed by atoms with van der Waals surface area (Å²) < 4.78 is 1.31. The minimum Gasteiger partial charge on any atom is -0.0654 e. The van der Waals surface area contributed by atoms with Crippen LogP contribution in [0, 0.1) is 10.5 Å². The molecule has 0 spiro atoms. The van der Waals surface area contributed by atoms with Crippen LogP contribution in [0.25, 0.3) is 0 Å². The Hall–Kier alpha value is -0.0500. The summed E-state index contributed by atoms with van der Waals surface area (Å²) in [4.78, 5) is 0. The largest absolute Gasteiger partial charge is 0.0654 e. The summed E-state index contributed by atoms with van der Waals surface area (Å²) in [5.41, 5.74) is 1.46. The monoisotopic (exact) mass is 315 g/mol. The zero-order chi connectivity index (χ0) is 11.1. The molecule has 0 saturated carbocycles. The zero-order valence-electron chi connectivity index (χ0n) is 9.51. The van der Waals surface area contributed by atoms with Crippen molar-refractivity contribution in [2.24, 2.45) is 0 Å². The minimum absolute atomic E-state index is 0.661. The summed E-state index contributed by atoms with van der Waals surface area (Å²) in [5, 5.41) is 0. The van der Waals surface area contributed by atoms with Gasteiger partial charge in [-0.05, 0) is 59.0 Å². The molecule has 1 heteroatoms. The number of hydrogen-bond acceptors (Lipinski definition) is 0. The Morgan fingerprint density at radius 3 is 2.40 bits per heavy atom. The second-order valence-electron chi connectivity index (χ2n) is 4.03.